The van der Waals surface area contributed by atoms with E-state index >= 15 is 0 Å². The molecular formula is C18H34N2O. The van der Waals surface area contributed by atoms with Crippen molar-refractivity contribution in [3.05, 3.63) is 0 Å². The molecule has 1 aliphatic carbocycles. The van der Waals surface area contributed by atoms with Gasteiger partial charge in [0, 0.05) is 42.6 Å². The SMILES string of the molecule is CC1CC(C)C(C)N(CC2(N)C3CCCOC3C2(C)C)C1. The number of ether oxygens (including phenoxy) is 1. The zero-order valence-electron chi connectivity index (χ0n) is 14.6. The maximum atomic E-state index is 7.00. The van der Waals surface area contributed by atoms with E-state index in [4.69, 9.17) is 10.5 Å². The number of piperidine rings is 1. The van der Waals surface area contributed by atoms with Crippen LogP contribution in [0.25, 0.3) is 0 Å². The van der Waals surface area contributed by atoms with Gasteiger partial charge in [-0.15, -0.1) is 0 Å². The first-order valence-electron chi connectivity index (χ1n) is 8.92. The monoisotopic (exact) mass is 294 g/mol. The van der Waals surface area contributed by atoms with E-state index < -0.39 is 0 Å². The summed E-state index contributed by atoms with van der Waals surface area (Å²) in [7, 11) is 0. The number of nitrogens with zero attached hydrogens (tertiary/aromatic N) is 1. The molecule has 122 valence electrons. The predicted molar refractivity (Wildman–Crippen MR) is 87.1 cm³/mol. The van der Waals surface area contributed by atoms with Crippen molar-refractivity contribution in [2.75, 3.05) is 19.7 Å². The molecule has 3 rings (SSSR count). The fourth-order valence-electron chi connectivity index (χ4n) is 5.36. The summed E-state index contributed by atoms with van der Waals surface area (Å²) in [6.07, 6.45) is 4.16. The van der Waals surface area contributed by atoms with Gasteiger partial charge in [-0.05, 0) is 38.0 Å². The van der Waals surface area contributed by atoms with E-state index in [0.29, 0.717) is 18.1 Å². The Bertz CT molecular complexity index is 397. The third-order valence-electron chi connectivity index (χ3n) is 7.08. The zero-order valence-corrected chi connectivity index (χ0v) is 14.6. The first-order chi connectivity index (χ1) is 9.77. The molecule has 2 saturated heterocycles. The Labute approximate surface area is 130 Å². The lowest BCUT2D eigenvalue weighted by Gasteiger charge is -2.68. The molecule has 0 spiro atoms. The van der Waals surface area contributed by atoms with Crippen LogP contribution in [-0.4, -0.2) is 42.3 Å². The molecule has 0 aromatic rings. The number of likely N-dealkylation sites (tertiary alicyclic amines) is 1. The molecule has 0 aromatic carbocycles. The van der Waals surface area contributed by atoms with E-state index in [1.165, 1.54) is 25.8 Å². The van der Waals surface area contributed by atoms with Gasteiger partial charge in [0.05, 0.1) is 6.10 Å². The normalized spacial score (nSPS) is 50.3. The molecule has 0 bridgehead atoms. The summed E-state index contributed by atoms with van der Waals surface area (Å²) in [5.74, 6) is 2.13. The van der Waals surface area contributed by atoms with Crippen LogP contribution < -0.4 is 5.73 Å². The van der Waals surface area contributed by atoms with Gasteiger partial charge in [-0.25, -0.2) is 0 Å². The molecule has 6 unspecified atom stereocenters. The van der Waals surface area contributed by atoms with E-state index in [1.54, 1.807) is 0 Å². The maximum absolute atomic E-state index is 7.00. The summed E-state index contributed by atoms with van der Waals surface area (Å²) in [6.45, 7) is 15.0. The second kappa shape index (κ2) is 5.21. The fourth-order valence-corrected chi connectivity index (χ4v) is 5.36. The highest BCUT2D eigenvalue weighted by molar-refractivity contribution is 5.21. The number of fused-ring (bicyclic) bond motifs is 1. The summed E-state index contributed by atoms with van der Waals surface area (Å²) in [4.78, 5) is 2.67. The molecule has 3 fully saturated rings. The minimum absolute atomic E-state index is 0.0802. The second-order valence-electron chi connectivity index (χ2n) is 8.79. The van der Waals surface area contributed by atoms with Crippen molar-refractivity contribution in [1.29, 1.82) is 0 Å². The Kier molecular flexibility index (Phi) is 3.91. The van der Waals surface area contributed by atoms with E-state index in [1.807, 2.05) is 0 Å². The van der Waals surface area contributed by atoms with Crippen molar-refractivity contribution in [1.82, 2.24) is 4.90 Å². The molecule has 2 aliphatic heterocycles. The summed E-state index contributed by atoms with van der Waals surface area (Å²) in [5, 5.41) is 0. The van der Waals surface area contributed by atoms with Crippen LogP contribution in [0, 0.1) is 23.2 Å². The largest absolute Gasteiger partial charge is 0.377 e. The Morgan fingerprint density at radius 1 is 1.24 bits per heavy atom. The van der Waals surface area contributed by atoms with Gasteiger partial charge in [-0.3, -0.25) is 4.90 Å². The summed E-state index contributed by atoms with van der Waals surface area (Å²) in [5.41, 5.74) is 7.02. The molecule has 3 nitrogen and oxygen atoms in total. The van der Waals surface area contributed by atoms with Crippen LogP contribution in [0.1, 0.15) is 53.9 Å². The minimum atomic E-state index is -0.0802. The number of rotatable bonds is 2. The van der Waals surface area contributed by atoms with Gasteiger partial charge in [0.15, 0.2) is 0 Å². The lowest BCUT2D eigenvalue weighted by molar-refractivity contribution is -0.234. The Morgan fingerprint density at radius 2 is 1.95 bits per heavy atom. The van der Waals surface area contributed by atoms with Crippen LogP contribution in [0.3, 0.4) is 0 Å². The molecule has 2 N–H and O–H groups in total. The van der Waals surface area contributed by atoms with Crippen molar-refractivity contribution in [3.8, 4) is 0 Å². The molecule has 3 aliphatic rings. The topological polar surface area (TPSA) is 38.5 Å². The first kappa shape index (κ1) is 15.8. The smallest absolute Gasteiger partial charge is 0.0690 e. The Balaban J connectivity index is 1.76. The summed E-state index contributed by atoms with van der Waals surface area (Å²) in [6, 6.07) is 0.654. The third kappa shape index (κ3) is 2.27. The lowest BCUT2D eigenvalue weighted by Crippen LogP contribution is -2.81. The van der Waals surface area contributed by atoms with Gasteiger partial charge in [0.2, 0.25) is 0 Å². The average Bonchev–Trinajstić information content (AvgIpc) is 2.44. The first-order valence-corrected chi connectivity index (χ1v) is 8.92. The van der Waals surface area contributed by atoms with E-state index in [0.717, 1.165) is 25.0 Å². The van der Waals surface area contributed by atoms with Crippen molar-refractivity contribution in [2.24, 2.45) is 28.9 Å². The fraction of sp³-hybridized carbons (Fsp3) is 1.00. The molecule has 0 aromatic heterocycles. The maximum Gasteiger partial charge on any atom is 0.0690 e. The van der Waals surface area contributed by atoms with Crippen molar-refractivity contribution >= 4 is 0 Å². The van der Waals surface area contributed by atoms with Crippen LogP contribution in [0.15, 0.2) is 0 Å². The number of hydrogen-bond donors (Lipinski definition) is 1. The Morgan fingerprint density at radius 3 is 2.67 bits per heavy atom. The molecular weight excluding hydrogens is 260 g/mol. The predicted octanol–water partition coefficient (Wildman–Crippen LogP) is 2.89. The Hall–Kier alpha value is -0.120. The van der Waals surface area contributed by atoms with E-state index in [9.17, 15) is 0 Å². The van der Waals surface area contributed by atoms with Crippen LogP contribution >= 0.6 is 0 Å². The molecule has 1 saturated carbocycles. The molecule has 6 atom stereocenters. The third-order valence-corrected chi connectivity index (χ3v) is 7.08. The molecule has 21 heavy (non-hydrogen) atoms. The summed E-state index contributed by atoms with van der Waals surface area (Å²) >= 11 is 0. The molecule has 0 amide bonds. The standard InChI is InChI=1S/C18H34N2O/c1-12-9-13(2)14(3)20(10-12)11-18(19)15-7-6-8-21-16(15)17(18,4)5/h12-16H,6-11,19H2,1-5H3. The summed E-state index contributed by atoms with van der Waals surface area (Å²) < 4.78 is 6.05. The quantitative estimate of drug-likeness (QED) is 0.851. The highest BCUT2D eigenvalue weighted by Gasteiger charge is 2.66. The second-order valence-corrected chi connectivity index (χ2v) is 8.79. The van der Waals surface area contributed by atoms with E-state index in [2.05, 4.69) is 39.5 Å². The number of nitrogens with two attached hydrogens (primary N) is 1. The van der Waals surface area contributed by atoms with Crippen molar-refractivity contribution in [3.63, 3.8) is 0 Å². The van der Waals surface area contributed by atoms with Gasteiger partial charge >= 0.3 is 0 Å². The van der Waals surface area contributed by atoms with Crippen molar-refractivity contribution < 1.29 is 4.74 Å². The average molecular weight is 294 g/mol. The highest BCUT2D eigenvalue weighted by Crippen LogP contribution is 2.57. The lowest BCUT2D eigenvalue weighted by atomic mass is 9.46. The van der Waals surface area contributed by atoms with E-state index in [-0.39, 0.29) is 11.0 Å². The van der Waals surface area contributed by atoms with Crippen LogP contribution in [0.2, 0.25) is 0 Å². The zero-order chi connectivity index (χ0) is 15.4. The minimum Gasteiger partial charge on any atom is -0.377 e. The molecule has 3 heteroatoms. The van der Waals surface area contributed by atoms with Crippen LogP contribution in [-0.2, 0) is 4.74 Å². The molecule has 0 radical (unpaired) electrons. The van der Waals surface area contributed by atoms with Crippen LogP contribution in [0.4, 0.5) is 0 Å². The van der Waals surface area contributed by atoms with Gasteiger partial charge in [0.1, 0.15) is 0 Å². The van der Waals surface area contributed by atoms with Gasteiger partial charge < -0.3 is 10.5 Å². The highest BCUT2D eigenvalue weighted by atomic mass is 16.5. The van der Waals surface area contributed by atoms with Gasteiger partial charge in [-0.1, -0.05) is 27.7 Å². The van der Waals surface area contributed by atoms with Crippen molar-refractivity contribution in [2.45, 2.75) is 71.6 Å². The number of hydrogen-bond acceptors (Lipinski definition) is 3. The van der Waals surface area contributed by atoms with Gasteiger partial charge in [0.25, 0.3) is 0 Å². The van der Waals surface area contributed by atoms with Crippen LogP contribution in [0.5, 0.6) is 0 Å². The van der Waals surface area contributed by atoms with Gasteiger partial charge in [-0.2, -0.15) is 0 Å². The molecule has 2 heterocycles.